The lowest BCUT2D eigenvalue weighted by atomic mass is 9.96. The first-order valence-corrected chi connectivity index (χ1v) is 10.1. The molecule has 0 aromatic heterocycles. The Labute approximate surface area is 181 Å². The summed E-state index contributed by atoms with van der Waals surface area (Å²) < 4.78 is 20.7. The molecule has 31 heavy (non-hydrogen) atoms. The van der Waals surface area contributed by atoms with Crippen molar-refractivity contribution in [2.24, 2.45) is 0 Å². The molecule has 2 rings (SSSR count). The number of esters is 1. The molecule has 1 aliphatic rings. The van der Waals surface area contributed by atoms with Gasteiger partial charge in [-0.05, 0) is 51.7 Å². The summed E-state index contributed by atoms with van der Waals surface area (Å²) in [5.41, 5.74) is 1.70. The zero-order valence-corrected chi connectivity index (χ0v) is 18.7. The second kappa shape index (κ2) is 10.4. The summed E-state index contributed by atoms with van der Waals surface area (Å²) in [5, 5.41) is 11.6. The van der Waals surface area contributed by atoms with Gasteiger partial charge in [0.15, 0.2) is 5.75 Å². The molecule has 0 atom stereocenters. The summed E-state index contributed by atoms with van der Waals surface area (Å²) in [6, 6.07) is 1.52. The van der Waals surface area contributed by atoms with E-state index in [-0.39, 0.29) is 31.3 Å². The van der Waals surface area contributed by atoms with Gasteiger partial charge in [0.1, 0.15) is 18.8 Å². The van der Waals surface area contributed by atoms with Crippen molar-refractivity contribution in [2.75, 3.05) is 40.0 Å². The highest BCUT2D eigenvalue weighted by atomic mass is 16.6. The average Bonchev–Trinajstić information content (AvgIpc) is 2.90. The molecule has 10 heteroatoms. The molecule has 0 unspecified atom stereocenters. The Morgan fingerprint density at radius 2 is 1.87 bits per heavy atom. The van der Waals surface area contributed by atoms with Crippen LogP contribution >= 0.6 is 0 Å². The normalized spacial score (nSPS) is 13.8. The van der Waals surface area contributed by atoms with E-state index in [2.05, 4.69) is 4.74 Å². The minimum absolute atomic E-state index is 0.0431. The lowest BCUT2D eigenvalue weighted by Gasteiger charge is -2.26. The number of amides is 1. The Kier molecular flexibility index (Phi) is 8.21. The van der Waals surface area contributed by atoms with Gasteiger partial charge in [0.25, 0.3) is 0 Å². The van der Waals surface area contributed by atoms with E-state index in [1.165, 1.54) is 13.2 Å². The first kappa shape index (κ1) is 24.4. The van der Waals surface area contributed by atoms with Crippen LogP contribution in [0.3, 0.4) is 0 Å². The van der Waals surface area contributed by atoms with Crippen molar-refractivity contribution in [3.63, 3.8) is 0 Å². The molecule has 0 bridgehead atoms. The number of nitrogens with zero attached hydrogens (tertiary/aromatic N) is 2. The Hall–Kier alpha value is -2.88. The van der Waals surface area contributed by atoms with Crippen molar-refractivity contribution < 1.29 is 33.5 Å². The molecule has 1 amide bonds. The fourth-order valence-electron chi connectivity index (χ4n) is 3.32. The number of fused-ring (bicyclic) bond motifs is 1. The summed E-state index contributed by atoms with van der Waals surface area (Å²) in [4.78, 5) is 36.3. The number of methoxy groups -OCH3 is 1. The fourth-order valence-corrected chi connectivity index (χ4v) is 3.32. The highest BCUT2D eigenvalue weighted by molar-refractivity contribution is 5.70. The zero-order chi connectivity index (χ0) is 23.2. The van der Waals surface area contributed by atoms with E-state index >= 15 is 0 Å². The van der Waals surface area contributed by atoms with Crippen molar-refractivity contribution in [3.8, 4) is 5.75 Å². The van der Waals surface area contributed by atoms with Gasteiger partial charge in [-0.2, -0.15) is 0 Å². The number of nitro groups is 1. The number of carbonyl (C=O) groups excluding carboxylic acids is 2. The van der Waals surface area contributed by atoms with Gasteiger partial charge in [-0.1, -0.05) is 0 Å². The molecule has 10 nitrogen and oxygen atoms in total. The topological polar surface area (TPSA) is 117 Å². The van der Waals surface area contributed by atoms with Crippen LogP contribution in [-0.4, -0.2) is 67.5 Å². The number of hydrogen-bond donors (Lipinski definition) is 0. The maximum atomic E-state index is 12.4. The lowest BCUT2D eigenvalue weighted by molar-refractivity contribution is -0.386. The first-order chi connectivity index (χ1) is 14.5. The van der Waals surface area contributed by atoms with Crippen LogP contribution in [0, 0.1) is 17.0 Å². The van der Waals surface area contributed by atoms with E-state index in [1.807, 2.05) is 20.8 Å². The molecule has 1 aliphatic heterocycles. The second-order valence-electron chi connectivity index (χ2n) is 8.19. The van der Waals surface area contributed by atoms with Gasteiger partial charge < -0.3 is 23.8 Å². The predicted molar refractivity (Wildman–Crippen MR) is 111 cm³/mol. The standard InChI is InChI=1S/C21H30N2O8/c1-14-16-7-9-22(20(25)31-21(2,3)4)8-6-15(16)12-17(23(26)27)19(14)30-11-10-29-13-18(24)28-5/h12H,6-11,13H2,1-5H3. The van der Waals surface area contributed by atoms with E-state index in [0.29, 0.717) is 31.5 Å². The Bertz CT molecular complexity index is 832. The molecule has 0 radical (unpaired) electrons. The van der Waals surface area contributed by atoms with Crippen molar-refractivity contribution >= 4 is 17.7 Å². The third kappa shape index (κ3) is 6.81. The molecule has 1 aromatic rings. The summed E-state index contributed by atoms with van der Waals surface area (Å²) in [6.07, 6.45) is 0.624. The number of rotatable bonds is 7. The number of nitro benzene ring substituents is 1. The third-order valence-corrected chi connectivity index (χ3v) is 4.78. The summed E-state index contributed by atoms with van der Waals surface area (Å²) >= 11 is 0. The number of ether oxygens (including phenoxy) is 4. The van der Waals surface area contributed by atoms with Crippen molar-refractivity contribution in [2.45, 2.75) is 46.1 Å². The molecule has 0 fully saturated rings. The van der Waals surface area contributed by atoms with Gasteiger partial charge in [-0.25, -0.2) is 9.59 Å². The first-order valence-electron chi connectivity index (χ1n) is 10.1. The van der Waals surface area contributed by atoms with Crippen LogP contribution in [0.25, 0.3) is 0 Å². The van der Waals surface area contributed by atoms with Crippen molar-refractivity contribution in [1.82, 2.24) is 4.90 Å². The minimum atomic E-state index is -0.595. The SMILES string of the molecule is COC(=O)COCCOc1c([N+](=O)[O-])cc2c(c1C)CCN(C(=O)OC(C)(C)C)CC2. The third-order valence-electron chi connectivity index (χ3n) is 4.78. The summed E-state index contributed by atoms with van der Waals surface area (Å²) in [5.74, 6) is -0.335. The van der Waals surface area contributed by atoms with E-state index in [1.54, 1.807) is 11.8 Å². The molecule has 0 N–H and O–H groups in total. The lowest BCUT2D eigenvalue weighted by Crippen LogP contribution is -2.38. The van der Waals surface area contributed by atoms with Gasteiger partial charge in [-0.15, -0.1) is 0 Å². The van der Waals surface area contributed by atoms with Crippen LogP contribution in [0.5, 0.6) is 5.75 Å². The molecular weight excluding hydrogens is 408 g/mol. The molecule has 0 aliphatic carbocycles. The number of carbonyl (C=O) groups is 2. The van der Waals surface area contributed by atoms with Crippen molar-refractivity contribution in [3.05, 3.63) is 32.9 Å². The van der Waals surface area contributed by atoms with Crippen LogP contribution in [0.15, 0.2) is 6.07 Å². The van der Waals surface area contributed by atoms with Crippen molar-refractivity contribution in [1.29, 1.82) is 0 Å². The summed E-state index contributed by atoms with van der Waals surface area (Å²) in [7, 11) is 1.26. The van der Waals surface area contributed by atoms with Crippen LogP contribution in [0.4, 0.5) is 10.5 Å². The van der Waals surface area contributed by atoms with Crippen LogP contribution in [-0.2, 0) is 31.8 Å². The molecule has 0 spiro atoms. The van der Waals surface area contributed by atoms with E-state index in [4.69, 9.17) is 14.2 Å². The largest absolute Gasteiger partial charge is 0.484 e. The molecular formula is C21H30N2O8. The predicted octanol–water partition coefficient (Wildman–Crippen LogP) is 2.81. The monoisotopic (exact) mass is 438 g/mol. The van der Waals surface area contributed by atoms with E-state index in [0.717, 1.165) is 11.1 Å². The van der Waals surface area contributed by atoms with Gasteiger partial charge in [0, 0.05) is 24.7 Å². The second-order valence-corrected chi connectivity index (χ2v) is 8.19. The van der Waals surface area contributed by atoms with E-state index in [9.17, 15) is 19.7 Å². The van der Waals surface area contributed by atoms with Crippen LogP contribution in [0.2, 0.25) is 0 Å². The Morgan fingerprint density at radius 1 is 1.19 bits per heavy atom. The molecule has 1 heterocycles. The van der Waals surface area contributed by atoms with E-state index < -0.39 is 22.6 Å². The summed E-state index contributed by atoms with van der Waals surface area (Å²) in [6.45, 7) is 7.97. The average molecular weight is 438 g/mol. The van der Waals surface area contributed by atoms with Gasteiger partial charge >= 0.3 is 17.7 Å². The molecule has 0 saturated carbocycles. The smallest absolute Gasteiger partial charge is 0.410 e. The highest BCUT2D eigenvalue weighted by Gasteiger charge is 2.28. The van der Waals surface area contributed by atoms with Gasteiger partial charge in [0.05, 0.1) is 18.6 Å². The van der Waals surface area contributed by atoms with Crippen LogP contribution in [0.1, 0.15) is 37.5 Å². The highest BCUT2D eigenvalue weighted by Crippen LogP contribution is 2.37. The maximum absolute atomic E-state index is 12.4. The minimum Gasteiger partial charge on any atom is -0.484 e. The van der Waals surface area contributed by atoms with Gasteiger partial charge in [0.2, 0.25) is 0 Å². The fraction of sp³-hybridized carbons (Fsp3) is 0.619. The quantitative estimate of drug-likeness (QED) is 0.276. The molecule has 172 valence electrons. The Morgan fingerprint density at radius 3 is 2.48 bits per heavy atom. The molecule has 1 aromatic carbocycles. The zero-order valence-electron chi connectivity index (χ0n) is 18.7. The maximum Gasteiger partial charge on any atom is 0.410 e. The Balaban J connectivity index is 2.15. The van der Waals surface area contributed by atoms with Crippen LogP contribution < -0.4 is 4.74 Å². The number of hydrogen-bond acceptors (Lipinski definition) is 8. The molecule has 0 saturated heterocycles. The number of benzene rings is 1. The van der Waals surface area contributed by atoms with Gasteiger partial charge in [-0.3, -0.25) is 10.1 Å².